The van der Waals surface area contributed by atoms with Gasteiger partial charge < -0.3 is 5.11 Å². The molecule has 0 radical (unpaired) electrons. The summed E-state index contributed by atoms with van der Waals surface area (Å²) in [5.74, 6) is -3.31. The van der Waals surface area contributed by atoms with E-state index in [0.717, 1.165) is 17.0 Å². The minimum atomic E-state index is -0.909. The molecule has 2 aromatic rings. The summed E-state index contributed by atoms with van der Waals surface area (Å²) in [6.45, 7) is 1.59. The Balaban J connectivity index is 2.35. The van der Waals surface area contributed by atoms with E-state index in [1.807, 2.05) is 0 Å². The van der Waals surface area contributed by atoms with Crippen LogP contribution in [0.25, 0.3) is 10.4 Å². The molecule has 0 saturated heterocycles. The number of aliphatic carboxylic acids is 1. The molecule has 0 aliphatic rings. The Morgan fingerprint density at radius 3 is 2.56 bits per heavy atom. The average molecular weight is 268 g/mol. The Morgan fingerprint density at radius 2 is 1.94 bits per heavy atom. The lowest BCUT2D eigenvalue weighted by atomic mass is 10.1. The van der Waals surface area contributed by atoms with Gasteiger partial charge in [0.05, 0.1) is 5.92 Å². The molecule has 94 valence electrons. The zero-order valence-electron chi connectivity index (χ0n) is 9.48. The highest BCUT2D eigenvalue weighted by Crippen LogP contribution is 2.32. The fraction of sp³-hybridized carbons (Fsp3) is 0.154. The van der Waals surface area contributed by atoms with E-state index in [1.54, 1.807) is 19.1 Å². The quantitative estimate of drug-likeness (QED) is 0.917. The number of benzene rings is 1. The summed E-state index contributed by atoms with van der Waals surface area (Å²) in [6, 6.07) is 7.05. The Hall–Kier alpha value is -1.75. The maximum absolute atomic E-state index is 13.1. The molecule has 0 fully saturated rings. The normalized spacial score (nSPS) is 12.4. The van der Waals surface area contributed by atoms with E-state index < -0.39 is 23.5 Å². The smallest absolute Gasteiger partial charge is 0.311 e. The van der Waals surface area contributed by atoms with Gasteiger partial charge in [0, 0.05) is 9.75 Å². The summed E-state index contributed by atoms with van der Waals surface area (Å²) in [4.78, 5) is 12.2. The molecule has 1 aromatic carbocycles. The van der Waals surface area contributed by atoms with Crippen LogP contribution < -0.4 is 0 Å². The molecule has 0 amide bonds. The molecule has 0 saturated carbocycles. The molecule has 0 aliphatic carbocycles. The van der Waals surface area contributed by atoms with Crippen LogP contribution in [0, 0.1) is 11.6 Å². The molecule has 1 atom stereocenters. The molecule has 0 aliphatic heterocycles. The van der Waals surface area contributed by atoms with Crippen molar-refractivity contribution in [2.45, 2.75) is 12.8 Å². The topological polar surface area (TPSA) is 37.3 Å². The number of hydrogen-bond acceptors (Lipinski definition) is 2. The van der Waals surface area contributed by atoms with Crippen LogP contribution in [0.3, 0.4) is 0 Å². The van der Waals surface area contributed by atoms with E-state index in [9.17, 15) is 13.6 Å². The van der Waals surface area contributed by atoms with Gasteiger partial charge in [-0.25, -0.2) is 8.78 Å². The van der Waals surface area contributed by atoms with Crippen molar-refractivity contribution in [2.75, 3.05) is 0 Å². The Kier molecular flexibility index (Phi) is 3.43. The van der Waals surface area contributed by atoms with Gasteiger partial charge in [0.2, 0.25) is 0 Å². The predicted octanol–water partition coefficient (Wildman–Crippen LogP) is 3.88. The van der Waals surface area contributed by atoms with Crippen LogP contribution in [0.15, 0.2) is 30.3 Å². The molecule has 5 heteroatoms. The van der Waals surface area contributed by atoms with Gasteiger partial charge >= 0.3 is 5.97 Å². The first-order valence-corrected chi connectivity index (χ1v) is 6.08. The third kappa shape index (κ3) is 2.41. The SMILES string of the molecule is CC(C(=O)O)c1ccc(-c2ccc(F)c(F)c2)s1. The summed E-state index contributed by atoms with van der Waals surface area (Å²) >= 11 is 1.27. The molecule has 18 heavy (non-hydrogen) atoms. The van der Waals surface area contributed by atoms with Gasteiger partial charge in [0.25, 0.3) is 0 Å². The second kappa shape index (κ2) is 4.86. The van der Waals surface area contributed by atoms with Crippen molar-refractivity contribution in [3.8, 4) is 10.4 Å². The van der Waals surface area contributed by atoms with Gasteiger partial charge in [-0.15, -0.1) is 11.3 Å². The van der Waals surface area contributed by atoms with Gasteiger partial charge in [-0.2, -0.15) is 0 Å². The summed E-state index contributed by atoms with van der Waals surface area (Å²) in [6.07, 6.45) is 0. The van der Waals surface area contributed by atoms with Crippen LogP contribution in [0.4, 0.5) is 8.78 Å². The summed E-state index contributed by atoms with van der Waals surface area (Å²) in [7, 11) is 0. The molecule has 1 unspecified atom stereocenters. The van der Waals surface area contributed by atoms with Crippen molar-refractivity contribution in [3.05, 3.63) is 46.8 Å². The van der Waals surface area contributed by atoms with Crippen molar-refractivity contribution in [1.29, 1.82) is 0 Å². The van der Waals surface area contributed by atoms with Gasteiger partial charge in [-0.1, -0.05) is 6.07 Å². The van der Waals surface area contributed by atoms with Crippen molar-refractivity contribution in [2.24, 2.45) is 0 Å². The van der Waals surface area contributed by atoms with E-state index in [0.29, 0.717) is 10.4 Å². The maximum atomic E-state index is 13.1. The monoisotopic (exact) mass is 268 g/mol. The number of carboxylic acids is 1. The fourth-order valence-corrected chi connectivity index (χ4v) is 2.56. The number of rotatable bonds is 3. The Bertz CT molecular complexity index is 592. The molecule has 0 spiro atoms. The van der Waals surface area contributed by atoms with Gasteiger partial charge in [-0.3, -0.25) is 4.79 Å². The molecule has 1 heterocycles. The molecule has 2 rings (SSSR count). The van der Waals surface area contributed by atoms with Crippen molar-refractivity contribution in [1.82, 2.24) is 0 Å². The largest absolute Gasteiger partial charge is 0.481 e. The first-order valence-electron chi connectivity index (χ1n) is 5.27. The lowest BCUT2D eigenvalue weighted by molar-refractivity contribution is -0.138. The summed E-state index contributed by atoms with van der Waals surface area (Å²) in [5.41, 5.74) is 0.544. The van der Waals surface area contributed by atoms with E-state index in [2.05, 4.69) is 0 Å². The average Bonchev–Trinajstić information content (AvgIpc) is 2.81. The van der Waals surface area contributed by atoms with E-state index in [1.165, 1.54) is 17.4 Å². The third-order valence-corrected chi connectivity index (χ3v) is 3.95. The number of carboxylic acid groups (broad SMARTS) is 1. The molecular formula is C13H10F2O2S. The third-order valence-electron chi connectivity index (χ3n) is 2.63. The number of carbonyl (C=O) groups is 1. The van der Waals surface area contributed by atoms with Crippen LogP contribution >= 0.6 is 11.3 Å². The van der Waals surface area contributed by atoms with E-state index in [4.69, 9.17) is 5.11 Å². The minimum Gasteiger partial charge on any atom is -0.481 e. The highest BCUT2D eigenvalue weighted by Gasteiger charge is 2.16. The molecule has 2 nitrogen and oxygen atoms in total. The second-order valence-corrected chi connectivity index (χ2v) is 5.01. The first-order chi connectivity index (χ1) is 8.49. The van der Waals surface area contributed by atoms with Crippen molar-refractivity contribution < 1.29 is 18.7 Å². The van der Waals surface area contributed by atoms with E-state index in [-0.39, 0.29) is 0 Å². The highest BCUT2D eigenvalue weighted by molar-refractivity contribution is 7.15. The van der Waals surface area contributed by atoms with Gasteiger partial charge in [0.1, 0.15) is 0 Å². The maximum Gasteiger partial charge on any atom is 0.311 e. The van der Waals surface area contributed by atoms with Crippen LogP contribution in [0.2, 0.25) is 0 Å². The lowest BCUT2D eigenvalue weighted by Gasteiger charge is -2.01. The zero-order chi connectivity index (χ0) is 13.3. The van der Waals surface area contributed by atoms with Crippen LogP contribution in [0.1, 0.15) is 17.7 Å². The number of hydrogen-bond donors (Lipinski definition) is 1. The molecule has 1 N–H and O–H groups in total. The van der Waals surface area contributed by atoms with E-state index >= 15 is 0 Å². The van der Waals surface area contributed by atoms with Gasteiger partial charge in [0.15, 0.2) is 11.6 Å². The lowest BCUT2D eigenvalue weighted by Crippen LogP contribution is -2.04. The van der Waals surface area contributed by atoms with Gasteiger partial charge in [-0.05, 0) is 36.8 Å². The second-order valence-electron chi connectivity index (χ2n) is 3.89. The van der Waals surface area contributed by atoms with Crippen LogP contribution in [-0.4, -0.2) is 11.1 Å². The minimum absolute atomic E-state index is 0.544. The fourth-order valence-electron chi connectivity index (χ4n) is 1.51. The predicted molar refractivity (Wildman–Crippen MR) is 65.7 cm³/mol. The standard InChI is InChI=1S/C13H10F2O2S/c1-7(13(16)17)11-4-5-12(18-11)8-2-3-9(14)10(15)6-8/h2-7H,1H3,(H,16,17). The number of thiophene rings is 1. The Labute approximate surface area is 107 Å². The highest BCUT2D eigenvalue weighted by atomic mass is 32.1. The summed E-state index contributed by atoms with van der Waals surface area (Å²) < 4.78 is 25.9. The molecular weight excluding hydrogens is 258 g/mol. The van der Waals surface area contributed by atoms with Crippen LogP contribution in [0.5, 0.6) is 0 Å². The zero-order valence-corrected chi connectivity index (χ0v) is 10.3. The molecule has 1 aromatic heterocycles. The summed E-state index contributed by atoms with van der Waals surface area (Å²) in [5, 5.41) is 8.89. The molecule has 0 bridgehead atoms. The number of halogens is 2. The Morgan fingerprint density at radius 1 is 1.22 bits per heavy atom. The first kappa shape index (κ1) is 12.7. The van der Waals surface area contributed by atoms with Crippen LogP contribution in [-0.2, 0) is 4.79 Å². The van der Waals surface area contributed by atoms with Crippen molar-refractivity contribution in [3.63, 3.8) is 0 Å². The van der Waals surface area contributed by atoms with Crippen molar-refractivity contribution >= 4 is 17.3 Å².